The average molecular weight is 331 g/mol. The molecule has 1 aromatic heterocycles. The molecule has 130 valence electrons. The molecule has 0 bridgehead atoms. The highest BCUT2D eigenvalue weighted by Gasteiger charge is 2.29. The van der Waals surface area contributed by atoms with Gasteiger partial charge in [0.1, 0.15) is 0 Å². The standard InChI is InChI=1S/C18H25N3O3/c1-19-13-15(7-8-16(19)22)18(24)21-11-9-20(10-12-21)17(23)14-5-3-2-4-6-14/h7-8,13-14H,2-6,9-12H2,1H3. The lowest BCUT2D eigenvalue weighted by molar-refractivity contribution is -0.138. The summed E-state index contributed by atoms with van der Waals surface area (Å²) in [5, 5.41) is 0. The molecule has 6 heteroatoms. The number of amides is 2. The molecule has 1 aliphatic heterocycles. The molecule has 2 heterocycles. The molecule has 6 nitrogen and oxygen atoms in total. The van der Waals surface area contributed by atoms with E-state index in [4.69, 9.17) is 0 Å². The minimum atomic E-state index is -0.130. The first-order valence-electron chi connectivity index (χ1n) is 8.81. The number of nitrogens with zero attached hydrogens (tertiary/aromatic N) is 3. The number of hydrogen-bond acceptors (Lipinski definition) is 3. The molecule has 2 fully saturated rings. The lowest BCUT2D eigenvalue weighted by Crippen LogP contribution is -2.52. The molecule has 1 aliphatic carbocycles. The van der Waals surface area contributed by atoms with Gasteiger partial charge in [0.25, 0.3) is 5.91 Å². The van der Waals surface area contributed by atoms with Gasteiger partial charge in [-0.15, -0.1) is 0 Å². The van der Waals surface area contributed by atoms with E-state index < -0.39 is 0 Å². The lowest BCUT2D eigenvalue weighted by Gasteiger charge is -2.37. The third-order valence-electron chi connectivity index (χ3n) is 5.17. The molecular formula is C18H25N3O3. The Bertz CT molecular complexity index is 668. The number of carbonyl (C=O) groups excluding carboxylic acids is 2. The van der Waals surface area contributed by atoms with Crippen molar-refractivity contribution >= 4 is 11.8 Å². The van der Waals surface area contributed by atoms with Crippen LogP contribution in [0.1, 0.15) is 42.5 Å². The summed E-state index contributed by atoms with van der Waals surface area (Å²) < 4.78 is 1.41. The Morgan fingerprint density at radius 1 is 0.958 bits per heavy atom. The van der Waals surface area contributed by atoms with E-state index in [1.54, 1.807) is 24.2 Å². The first kappa shape index (κ1) is 16.7. The maximum atomic E-state index is 12.6. The monoisotopic (exact) mass is 331 g/mol. The van der Waals surface area contributed by atoms with Crippen LogP contribution in [0.2, 0.25) is 0 Å². The van der Waals surface area contributed by atoms with Crippen LogP contribution in [0.3, 0.4) is 0 Å². The summed E-state index contributed by atoms with van der Waals surface area (Å²) in [5.74, 6) is 0.379. The quantitative estimate of drug-likeness (QED) is 0.819. The SMILES string of the molecule is Cn1cc(C(=O)N2CCN(C(=O)C3CCCCC3)CC2)ccc1=O. The summed E-state index contributed by atoms with van der Waals surface area (Å²) in [6.07, 6.45) is 7.14. The molecule has 0 N–H and O–H groups in total. The zero-order valence-corrected chi connectivity index (χ0v) is 14.2. The van der Waals surface area contributed by atoms with E-state index in [1.165, 1.54) is 17.1 Å². The van der Waals surface area contributed by atoms with Crippen molar-refractivity contribution in [3.63, 3.8) is 0 Å². The average Bonchev–Trinajstić information content (AvgIpc) is 2.63. The molecule has 0 atom stereocenters. The van der Waals surface area contributed by atoms with Crippen LogP contribution in [0, 0.1) is 5.92 Å². The minimum Gasteiger partial charge on any atom is -0.339 e. The fourth-order valence-electron chi connectivity index (χ4n) is 3.64. The molecule has 0 unspecified atom stereocenters. The third kappa shape index (κ3) is 3.52. The normalized spacial score (nSPS) is 19.4. The van der Waals surface area contributed by atoms with Crippen LogP contribution in [-0.4, -0.2) is 52.4 Å². The smallest absolute Gasteiger partial charge is 0.255 e. The van der Waals surface area contributed by atoms with Crippen molar-refractivity contribution < 1.29 is 9.59 Å². The molecule has 0 spiro atoms. The molecule has 1 aromatic rings. The number of piperazine rings is 1. The van der Waals surface area contributed by atoms with Crippen LogP contribution < -0.4 is 5.56 Å². The Morgan fingerprint density at radius 3 is 2.21 bits per heavy atom. The highest BCUT2D eigenvalue weighted by Crippen LogP contribution is 2.25. The van der Waals surface area contributed by atoms with Gasteiger partial charge < -0.3 is 14.4 Å². The Kier molecular flexibility index (Phi) is 5.02. The van der Waals surface area contributed by atoms with Gasteiger partial charge in [-0.1, -0.05) is 19.3 Å². The van der Waals surface area contributed by atoms with E-state index in [-0.39, 0.29) is 23.3 Å². The van der Waals surface area contributed by atoms with Gasteiger partial charge in [-0.05, 0) is 18.9 Å². The molecular weight excluding hydrogens is 306 g/mol. The zero-order valence-electron chi connectivity index (χ0n) is 14.2. The number of pyridine rings is 1. The van der Waals surface area contributed by atoms with Gasteiger partial charge in [0.05, 0.1) is 5.56 Å². The summed E-state index contributed by atoms with van der Waals surface area (Å²) in [7, 11) is 1.64. The Hall–Kier alpha value is -2.11. The van der Waals surface area contributed by atoms with Crippen molar-refractivity contribution in [3.05, 3.63) is 34.2 Å². The number of aromatic nitrogens is 1. The van der Waals surface area contributed by atoms with Crippen LogP contribution in [-0.2, 0) is 11.8 Å². The van der Waals surface area contributed by atoms with Crippen LogP contribution in [0.25, 0.3) is 0 Å². The topological polar surface area (TPSA) is 62.6 Å². The van der Waals surface area contributed by atoms with Crippen molar-refractivity contribution in [2.24, 2.45) is 13.0 Å². The van der Waals surface area contributed by atoms with Crippen molar-refractivity contribution in [2.75, 3.05) is 26.2 Å². The van der Waals surface area contributed by atoms with E-state index >= 15 is 0 Å². The van der Waals surface area contributed by atoms with Crippen LogP contribution >= 0.6 is 0 Å². The first-order valence-corrected chi connectivity index (χ1v) is 8.81. The van der Waals surface area contributed by atoms with Crippen LogP contribution in [0.15, 0.2) is 23.1 Å². The van der Waals surface area contributed by atoms with E-state index in [0.29, 0.717) is 31.7 Å². The maximum Gasteiger partial charge on any atom is 0.255 e. The van der Waals surface area contributed by atoms with Crippen molar-refractivity contribution in [1.29, 1.82) is 0 Å². The predicted octanol–water partition coefficient (Wildman–Crippen LogP) is 1.25. The summed E-state index contributed by atoms with van der Waals surface area (Å²) in [6, 6.07) is 2.99. The van der Waals surface area contributed by atoms with E-state index in [1.807, 2.05) is 4.90 Å². The number of hydrogen-bond donors (Lipinski definition) is 0. The van der Waals surface area contributed by atoms with E-state index in [9.17, 15) is 14.4 Å². The molecule has 1 saturated carbocycles. The van der Waals surface area contributed by atoms with Crippen LogP contribution in [0.4, 0.5) is 0 Å². The van der Waals surface area contributed by atoms with Gasteiger partial charge in [-0.25, -0.2) is 0 Å². The second kappa shape index (κ2) is 7.20. The summed E-state index contributed by atoms with van der Waals surface area (Å²) in [5.41, 5.74) is 0.388. The fourth-order valence-corrected chi connectivity index (χ4v) is 3.64. The highest BCUT2D eigenvalue weighted by atomic mass is 16.2. The van der Waals surface area contributed by atoms with Gasteiger partial charge in [-0.2, -0.15) is 0 Å². The fraction of sp³-hybridized carbons (Fsp3) is 0.611. The molecule has 0 radical (unpaired) electrons. The molecule has 3 rings (SSSR count). The second-order valence-corrected chi connectivity index (χ2v) is 6.82. The molecule has 2 amide bonds. The Balaban J connectivity index is 1.58. The van der Waals surface area contributed by atoms with Gasteiger partial charge in [0.15, 0.2) is 0 Å². The second-order valence-electron chi connectivity index (χ2n) is 6.82. The van der Waals surface area contributed by atoms with E-state index in [2.05, 4.69) is 0 Å². The number of aryl methyl sites for hydroxylation is 1. The maximum absolute atomic E-state index is 12.6. The van der Waals surface area contributed by atoms with Gasteiger partial charge >= 0.3 is 0 Å². The highest BCUT2D eigenvalue weighted by molar-refractivity contribution is 5.94. The molecule has 2 aliphatic rings. The number of carbonyl (C=O) groups is 2. The van der Waals surface area contributed by atoms with Crippen molar-refractivity contribution in [1.82, 2.24) is 14.4 Å². The predicted molar refractivity (Wildman–Crippen MR) is 90.7 cm³/mol. The summed E-state index contributed by atoms with van der Waals surface area (Å²) in [6.45, 7) is 2.32. The van der Waals surface area contributed by atoms with Gasteiger partial charge in [0, 0.05) is 51.4 Å². The lowest BCUT2D eigenvalue weighted by atomic mass is 9.88. The van der Waals surface area contributed by atoms with Crippen molar-refractivity contribution in [3.8, 4) is 0 Å². The van der Waals surface area contributed by atoms with Gasteiger partial charge in [0.2, 0.25) is 11.5 Å². The van der Waals surface area contributed by atoms with Crippen LogP contribution in [0.5, 0.6) is 0 Å². The molecule has 1 saturated heterocycles. The van der Waals surface area contributed by atoms with E-state index in [0.717, 1.165) is 25.7 Å². The summed E-state index contributed by atoms with van der Waals surface area (Å²) in [4.78, 5) is 40.2. The van der Waals surface area contributed by atoms with Gasteiger partial charge in [-0.3, -0.25) is 14.4 Å². The number of rotatable bonds is 2. The third-order valence-corrected chi connectivity index (χ3v) is 5.17. The Labute approximate surface area is 142 Å². The zero-order chi connectivity index (χ0) is 17.1. The minimum absolute atomic E-state index is 0.0737. The molecule has 0 aromatic carbocycles. The first-order chi connectivity index (χ1) is 11.6. The largest absolute Gasteiger partial charge is 0.339 e. The Morgan fingerprint density at radius 2 is 1.58 bits per heavy atom. The molecule has 24 heavy (non-hydrogen) atoms. The van der Waals surface area contributed by atoms with Crippen molar-refractivity contribution in [2.45, 2.75) is 32.1 Å². The summed E-state index contributed by atoms with van der Waals surface area (Å²) >= 11 is 0.